The smallest absolute Gasteiger partial charge is 0.140 e. The molecule has 18 heavy (non-hydrogen) atoms. The average molecular weight is 276 g/mol. The number of nitrogens with zero attached hydrogens (tertiary/aromatic N) is 1. The van der Waals surface area contributed by atoms with Crippen LogP contribution in [0, 0.1) is 11.6 Å². The number of nitrogens with one attached hydrogen (secondary N) is 1. The summed E-state index contributed by atoms with van der Waals surface area (Å²) in [7, 11) is 0. The van der Waals surface area contributed by atoms with Crippen LogP contribution < -0.4 is 0 Å². The number of aryl methyl sites for hydroxylation is 1. The first kappa shape index (κ1) is 12.1. The molecule has 2 aromatic rings. The van der Waals surface area contributed by atoms with E-state index in [2.05, 4.69) is 27.7 Å². The molecule has 1 saturated carbocycles. The summed E-state index contributed by atoms with van der Waals surface area (Å²) in [5, 5.41) is 4.29. The maximum Gasteiger partial charge on any atom is 0.140 e. The van der Waals surface area contributed by atoms with E-state index in [1.807, 2.05) is 6.07 Å². The molecule has 0 atom stereocenters. The van der Waals surface area contributed by atoms with Gasteiger partial charge in [0.25, 0.3) is 0 Å². The minimum atomic E-state index is 0.646. The lowest BCUT2D eigenvalue weighted by Crippen LogP contribution is -2.00. The molecule has 4 heteroatoms. The Morgan fingerprint density at radius 1 is 1.33 bits per heavy atom. The highest BCUT2D eigenvalue weighted by Gasteiger charge is 2.18. The Bertz CT molecular complexity index is 606. The number of rotatable bonds is 2. The van der Waals surface area contributed by atoms with Crippen LogP contribution in [0.2, 0.25) is 0 Å². The minimum Gasteiger partial charge on any atom is -0.343 e. The second-order valence-corrected chi connectivity index (χ2v) is 6.14. The highest BCUT2D eigenvalue weighted by molar-refractivity contribution is 7.71. The van der Waals surface area contributed by atoms with Gasteiger partial charge in [0.2, 0.25) is 0 Å². The van der Waals surface area contributed by atoms with Crippen molar-refractivity contribution in [3.8, 4) is 11.4 Å². The predicted molar refractivity (Wildman–Crippen MR) is 78.7 cm³/mol. The molecular formula is C14H16N2S2. The van der Waals surface area contributed by atoms with E-state index in [9.17, 15) is 0 Å². The monoisotopic (exact) mass is 276 g/mol. The highest BCUT2D eigenvalue weighted by Crippen LogP contribution is 2.34. The van der Waals surface area contributed by atoms with Crippen molar-refractivity contribution < 1.29 is 0 Å². The van der Waals surface area contributed by atoms with Crippen LogP contribution >= 0.6 is 23.6 Å². The number of aromatic nitrogens is 2. The Morgan fingerprint density at radius 3 is 2.78 bits per heavy atom. The number of thiophene rings is 1. The van der Waals surface area contributed by atoms with Crippen LogP contribution in [-0.2, 0) is 0 Å². The molecule has 0 unspecified atom stereocenters. The molecule has 1 fully saturated rings. The van der Waals surface area contributed by atoms with E-state index in [1.54, 1.807) is 11.3 Å². The Morgan fingerprint density at radius 2 is 2.11 bits per heavy atom. The van der Waals surface area contributed by atoms with Crippen molar-refractivity contribution in [2.24, 2.45) is 0 Å². The molecule has 0 saturated heterocycles. The van der Waals surface area contributed by atoms with Crippen molar-refractivity contribution in [1.82, 2.24) is 9.97 Å². The van der Waals surface area contributed by atoms with E-state index < -0.39 is 0 Å². The minimum absolute atomic E-state index is 0.646. The normalized spacial score (nSPS) is 16.3. The molecule has 0 bridgehead atoms. The zero-order chi connectivity index (χ0) is 12.5. The Kier molecular flexibility index (Phi) is 3.31. The third kappa shape index (κ3) is 2.27. The maximum atomic E-state index is 5.31. The van der Waals surface area contributed by atoms with Crippen LogP contribution in [0.3, 0.4) is 0 Å². The Labute approximate surface area is 116 Å². The third-order valence-corrected chi connectivity index (χ3v) is 4.74. The SMILES string of the molecule is Cc1cscc1-c1nc(=S)cc(C2CCCC2)[nH]1. The molecule has 94 valence electrons. The second-order valence-electron chi connectivity index (χ2n) is 4.97. The molecule has 0 aliphatic heterocycles. The Hall–Kier alpha value is -1.00. The molecule has 1 aliphatic carbocycles. The molecule has 0 radical (unpaired) electrons. The van der Waals surface area contributed by atoms with Crippen molar-refractivity contribution in [3.63, 3.8) is 0 Å². The lowest BCUT2D eigenvalue weighted by atomic mass is 10.0. The first-order valence-electron chi connectivity index (χ1n) is 6.38. The summed E-state index contributed by atoms with van der Waals surface area (Å²) in [6, 6.07) is 2.04. The van der Waals surface area contributed by atoms with Gasteiger partial charge in [-0.05, 0) is 42.7 Å². The number of hydrogen-bond donors (Lipinski definition) is 1. The molecule has 0 spiro atoms. The number of H-pyrrole nitrogens is 1. The number of hydrogen-bond acceptors (Lipinski definition) is 3. The summed E-state index contributed by atoms with van der Waals surface area (Å²) in [5.74, 6) is 1.58. The van der Waals surface area contributed by atoms with Gasteiger partial charge in [0, 0.05) is 16.6 Å². The average Bonchev–Trinajstić information content (AvgIpc) is 2.98. The third-order valence-electron chi connectivity index (χ3n) is 3.67. The molecule has 0 aromatic carbocycles. The van der Waals surface area contributed by atoms with Crippen LogP contribution in [0.4, 0.5) is 0 Å². The summed E-state index contributed by atoms with van der Waals surface area (Å²) in [6.45, 7) is 2.12. The van der Waals surface area contributed by atoms with Gasteiger partial charge in [0.05, 0.1) is 0 Å². The lowest BCUT2D eigenvalue weighted by molar-refractivity contribution is 0.694. The van der Waals surface area contributed by atoms with Gasteiger partial charge in [-0.1, -0.05) is 25.1 Å². The van der Waals surface area contributed by atoms with E-state index in [4.69, 9.17) is 12.2 Å². The van der Waals surface area contributed by atoms with E-state index in [0.29, 0.717) is 10.6 Å². The first-order valence-corrected chi connectivity index (χ1v) is 7.73. The topological polar surface area (TPSA) is 28.7 Å². The summed E-state index contributed by atoms with van der Waals surface area (Å²) >= 11 is 7.02. The van der Waals surface area contributed by atoms with Crippen LogP contribution in [0.25, 0.3) is 11.4 Å². The molecular weight excluding hydrogens is 260 g/mol. The maximum absolute atomic E-state index is 5.31. The van der Waals surface area contributed by atoms with Crippen LogP contribution in [0.5, 0.6) is 0 Å². The van der Waals surface area contributed by atoms with Gasteiger partial charge < -0.3 is 4.98 Å². The summed E-state index contributed by atoms with van der Waals surface area (Å²) in [5.41, 5.74) is 3.72. The summed E-state index contributed by atoms with van der Waals surface area (Å²) in [6.07, 6.45) is 5.22. The van der Waals surface area contributed by atoms with Gasteiger partial charge in [0.1, 0.15) is 10.5 Å². The first-order chi connectivity index (χ1) is 8.74. The van der Waals surface area contributed by atoms with E-state index in [1.165, 1.54) is 42.5 Å². The highest BCUT2D eigenvalue weighted by atomic mass is 32.1. The van der Waals surface area contributed by atoms with Gasteiger partial charge in [-0.3, -0.25) is 0 Å². The van der Waals surface area contributed by atoms with E-state index in [-0.39, 0.29) is 0 Å². The molecule has 2 aromatic heterocycles. The van der Waals surface area contributed by atoms with Crippen LogP contribution in [0.1, 0.15) is 42.9 Å². The zero-order valence-electron chi connectivity index (χ0n) is 10.4. The van der Waals surface area contributed by atoms with Crippen LogP contribution in [0.15, 0.2) is 16.8 Å². The quantitative estimate of drug-likeness (QED) is 0.796. The standard InChI is InChI=1S/C14H16N2S2/c1-9-7-18-8-11(9)14-15-12(6-13(17)16-14)10-4-2-3-5-10/h6-8,10H,2-5H2,1H3,(H,15,16,17). The fraction of sp³-hybridized carbons (Fsp3) is 0.429. The molecule has 1 N–H and O–H groups in total. The molecule has 2 nitrogen and oxygen atoms in total. The fourth-order valence-electron chi connectivity index (χ4n) is 2.66. The Balaban J connectivity index is 2.06. The van der Waals surface area contributed by atoms with Gasteiger partial charge >= 0.3 is 0 Å². The van der Waals surface area contributed by atoms with Gasteiger partial charge in [-0.2, -0.15) is 11.3 Å². The molecule has 1 aliphatic rings. The summed E-state index contributed by atoms with van der Waals surface area (Å²) < 4.78 is 0.705. The lowest BCUT2D eigenvalue weighted by Gasteiger charge is -2.11. The molecule has 2 heterocycles. The largest absolute Gasteiger partial charge is 0.343 e. The molecule has 3 rings (SSSR count). The van der Waals surface area contributed by atoms with Crippen molar-refractivity contribution in [3.05, 3.63) is 32.7 Å². The van der Waals surface area contributed by atoms with Gasteiger partial charge in [-0.15, -0.1) is 0 Å². The van der Waals surface area contributed by atoms with Crippen molar-refractivity contribution >= 4 is 23.6 Å². The van der Waals surface area contributed by atoms with Gasteiger partial charge in [-0.25, -0.2) is 4.98 Å². The van der Waals surface area contributed by atoms with Crippen LogP contribution in [-0.4, -0.2) is 9.97 Å². The van der Waals surface area contributed by atoms with Gasteiger partial charge in [0.15, 0.2) is 0 Å². The predicted octanol–water partition coefficient (Wildman–Crippen LogP) is 4.83. The molecule has 0 amide bonds. The van der Waals surface area contributed by atoms with Crippen molar-refractivity contribution in [2.75, 3.05) is 0 Å². The summed E-state index contributed by atoms with van der Waals surface area (Å²) in [4.78, 5) is 7.97. The van der Waals surface area contributed by atoms with E-state index in [0.717, 1.165) is 5.82 Å². The zero-order valence-corrected chi connectivity index (χ0v) is 12.0. The van der Waals surface area contributed by atoms with Crippen molar-refractivity contribution in [2.45, 2.75) is 38.5 Å². The van der Waals surface area contributed by atoms with Crippen molar-refractivity contribution in [1.29, 1.82) is 0 Å². The number of aromatic amines is 1. The second kappa shape index (κ2) is 4.94. The fourth-order valence-corrected chi connectivity index (χ4v) is 3.71. The van der Waals surface area contributed by atoms with E-state index >= 15 is 0 Å².